The standard InChI is InChI=1S/C11H18O/c1-7-8(6-12)4-9-5-10(7)11(9,2)3/h8-9,12H,4-6H2,1-3H3. The van der Waals surface area contributed by atoms with E-state index in [0.29, 0.717) is 17.9 Å². The van der Waals surface area contributed by atoms with Crippen LogP contribution >= 0.6 is 0 Å². The molecule has 3 rings (SSSR count). The van der Waals surface area contributed by atoms with E-state index in [-0.39, 0.29) is 0 Å². The summed E-state index contributed by atoms with van der Waals surface area (Å²) in [6.07, 6.45) is 2.51. The van der Waals surface area contributed by atoms with Crippen molar-refractivity contribution in [2.24, 2.45) is 17.3 Å². The molecule has 0 aromatic rings. The first-order valence-corrected chi connectivity index (χ1v) is 4.88. The molecule has 0 radical (unpaired) electrons. The Balaban J connectivity index is 2.32. The van der Waals surface area contributed by atoms with Crippen molar-refractivity contribution in [1.29, 1.82) is 0 Å². The maximum absolute atomic E-state index is 9.14. The average Bonchev–Trinajstić information content (AvgIpc) is 2.03. The lowest BCUT2D eigenvalue weighted by Gasteiger charge is -2.54. The number of aliphatic hydroxyl groups excluding tert-OH is 1. The largest absolute Gasteiger partial charge is 0.396 e. The molecule has 68 valence electrons. The van der Waals surface area contributed by atoms with Crippen molar-refractivity contribution in [3.8, 4) is 0 Å². The van der Waals surface area contributed by atoms with E-state index in [4.69, 9.17) is 5.11 Å². The number of hydrogen-bond acceptors (Lipinski definition) is 1. The molecule has 2 unspecified atom stereocenters. The molecule has 1 nitrogen and oxygen atoms in total. The summed E-state index contributed by atoms with van der Waals surface area (Å²) in [5.74, 6) is 1.32. The highest BCUT2D eigenvalue weighted by Gasteiger charge is 2.49. The molecule has 1 heteroatoms. The lowest BCUT2D eigenvalue weighted by molar-refractivity contribution is 0.0861. The Morgan fingerprint density at radius 3 is 2.58 bits per heavy atom. The summed E-state index contributed by atoms with van der Waals surface area (Å²) in [4.78, 5) is 0. The number of aliphatic hydroxyl groups is 1. The molecule has 0 saturated heterocycles. The van der Waals surface area contributed by atoms with Crippen LogP contribution in [-0.4, -0.2) is 11.7 Å². The minimum Gasteiger partial charge on any atom is -0.396 e. The molecule has 1 saturated carbocycles. The second kappa shape index (κ2) is 2.35. The Labute approximate surface area is 74.5 Å². The Bertz CT molecular complexity index is 237. The van der Waals surface area contributed by atoms with E-state index < -0.39 is 0 Å². The monoisotopic (exact) mass is 166 g/mol. The van der Waals surface area contributed by atoms with Gasteiger partial charge in [-0.15, -0.1) is 0 Å². The van der Waals surface area contributed by atoms with Crippen molar-refractivity contribution in [1.82, 2.24) is 0 Å². The summed E-state index contributed by atoms with van der Waals surface area (Å²) >= 11 is 0. The minimum atomic E-state index is 0.349. The predicted molar refractivity (Wildman–Crippen MR) is 49.8 cm³/mol. The highest BCUT2D eigenvalue weighted by Crippen LogP contribution is 2.59. The van der Waals surface area contributed by atoms with Crippen molar-refractivity contribution in [3.63, 3.8) is 0 Å². The van der Waals surface area contributed by atoms with Gasteiger partial charge in [-0.1, -0.05) is 25.0 Å². The van der Waals surface area contributed by atoms with Crippen LogP contribution in [0.25, 0.3) is 0 Å². The van der Waals surface area contributed by atoms with Crippen LogP contribution in [0.3, 0.4) is 0 Å². The quantitative estimate of drug-likeness (QED) is 0.593. The Kier molecular flexibility index (Phi) is 1.63. The first-order chi connectivity index (χ1) is 5.57. The predicted octanol–water partition coefficient (Wildman–Crippen LogP) is 2.36. The van der Waals surface area contributed by atoms with Crippen molar-refractivity contribution in [2.45, 2.75) is 33.6 Å². The van der Waals surface area contributed by atoms with Gasteiger partial charge in [0.2, 0.25) is 0 Å². The van der Waals surface area contributed by atoms with Crippen molar-refractivity contribution in [2.75, 3.05) is 6.61 Å². The average molecular weight is 166 g/mol. The highest BCUT2D eigenvalue weighted by molar-refractivity contribution is 5.34. The summed E-state index contributed by atoms with van der Waals surface area (Å²) in [5.41, 5.74) is 3.55. The van der Waals surface area contributed by atoms with E-state index in [1.165, 1.54) is 18.4 Å². The Morgan fingerprint density at radius 1 is 1.50 bits per heavy atom. The molecule has 1 fully saturated rings. The van der Waals surface area contributed by atoms with Crippen LogP contribution in [0.4, 0.5) is 0 Å². The van der Waals surface area contributed by atoms with E-state index in [0.717, 1.165) is 5.92 Å². The van der Waals surface area contributed by atoms with Gasteiger partial charge in [-0.3, -0.25) is 0 Å². The zero-order valence-electron chi connectivity index (χ0n) is 8.22. The number of fused-ring (bicyclic) bond motifs is 2. The molecular weight excluding hydrogens is 148 g/mol. The number of allylic oxidation sites excluding steroid dienone is 1. The fourth-order valence-corrected chi connectivity index (χ4v) is 2.91. The van der Waals surface area contributed by atoms with Crippen molar-refractivity contribution >= 4 is 0 Å². The zero-order chi connectivity index (χ0) is 8.93. The van der Waals surface area contributed by atoms with Gasteiger partial charge in [0.15, 0.2) is 0 Å². The Hall–Kier alpha value is -0.300. The molecule has 12 heavy (non-hydrogen) atoms. The van der Waals surface area contributed by atoms with Crippen LogP contribution in [-0.2, 0) is 0 Å². The van der Waals surface area contributed by atoms with Gasteiger partial charge in [0.05, 0.1) is 0 Å². The smallest absolute Gasteiger partial charge is 0.0496 e. The van der Waals surface area contributed by atoms with Crippen LogP contribution < -0.4 is 0 Å². The first-order valence-electron chi connectivity index (χ1n) is 4.88. The van der Waals surface area contributed by atoms with Crippen LogP contribution in [0.1, 0.15) is 33.6 Å². The maximum atomic E-state index is 9.14. The van der Waals surface area contributed by atoms with E-state index in [9.17, 15) is 0 Å². The SMILES string of the molecule is CC1=C2CC(CC1CO)C2(C)C. The van der Waals surface area contributed by atoms with E-state index in [1.54, 1.807) is 5.57 Å². The molecule has 3 aliphatic rings. The fraction of sp³-hybridized carbons (Fsp3) is 0.818. The van der Waals surface area contributed by atoms with Crippen LogP contribution in [0.2, 0.25) is 0 Å². The summed E-state index contributed by atoms with van der Waals surface area (Å²) in [7, 11) is 0. The summed E-state index contributed by atoms with van der Waals surface area (Å²) in [6.45, 7) is 7.23. The van der Waals surface area contributed by atoms with Crippen molar-refractivity contribution in [3.05, 3.63) is 11.1 Å². The molecule has 0 aliphatic heterocycles. The molecule has 2 atom stereocenters. The van der Waals surface area contributed by atoms with E-state index in [2.05, 4.69) is 20.8 Å². The van der Waals surface area contributed by atoms with Crippen LogP contribution in [0.5, 0.6) is 0 Å². The van der Waals surface area contributed by atoms with E-state index in [1.807, 2.05) is 0 Å². The van der Waals surface area contributed by atoms with Gasteiger partial charge >= 0.3 is 0 Å². The first kappa shape index (κ1) is 8.31. The van der Waals surface area contributed by atoms with Crippen molar-refractivity contribution < 1.29 is 5.11 Å². The molecule has 0 amide bonds. The third-order valence-electron chi connectivity index (χ3n) is 4.13. The highest BCUT2D eigenvalue weighted by atomic mass is 16.3. The topological polar surface area (TPSA) is 20.2 Å². The minimum absolute atomic E-state index is 0.349. The number of rotatable bonds is 1. The molecule has 2 bridgehead atoms. The summed E-state index contributed by atoms with van der Waals surface area (Å²) in [6, 6.07) is 0. The molecule has 1 N–H and O–H groups in total. The lowest BCUT2D eigenvalue weighted by atomic mass is 9.50. The maximum Gasteiger partial charge on any atom is 0.0496 e. The summed E-state index contributed by atoms with van der Waals surface area (Å²) in [5, 5.41) is 9.14. The molecular formula is C11H18O. The van der Waals surface area contributed by atoms with Gasteiger partial charge < -0.3 is 5.11 Å². The zero-order valence-corrected chi connectivity index (χ0v) is 8.22. The molecule has 0 heterocycles. The normalized spacial score (nSPS) is 38.0. The van der Waals surface area contributed by atoms with E-state index >= 15 is 0 Å². The number of hydrogen-bond donors (Lipinski definition) is 1. The van der Waals surface area contributed by atoms with Crippen LogP contribution in [0.15, 0.2) is 11.1 Å². The van der Waals surface area contributed by atoms with Gasteiger partial charge in [-0.05, 0) is 31.1 Å². The van der Waals surface area contributed by atoms with Gasteiger partial charge in [0, 0.05) is 12.5 Å². The fourth-order valence-electron chi connectivity index (χ4n) is 2.91. The molecule has 3 aliphatic carbocycles. The van der Waals surface area contributed by atoms with Gasteiger partial charge in [0.25, 0.3) is 0 Å². The van der Waals surface area contributed by atoms with Gasteiger partial charge in [0.1, 0.15) is 0 Å². The van der Waals surface area contributed by atoms with Gasteiger partial charge in [-0.2, -0.15) is 0 Å². The third-order valence-corrected chi connectivity index (χ3v) is 4.13. The third kappa shape index (κ3) is 0.832. The second-order valence-corrected chi connectivity index (χ2v) is 4.90. The van der Waals surface area contributed by atoms with Gasteiger partial charge in [-0.25, -0.2) is 0 Å². The summed E-state index contributed by atoms with van der Waals surface area (Å²) < 4.78 is 0. The molecule has 0 aromatic heterocycles. The second-order valence-electron chi connectivity index (χ2n) is 4.90. The lowest BCUT2D eigenvalue weighted by Crippen LogP contribution is -2.45. The molecule has 0 aromatic carbocycles. The van der Waals surface area contributed by atoms with Crippen LogP contribution in [0, 0.1) is 17.3 Å². The molecule has 0 spiro atoms. The Morgan fingerprint density at radius 2 is 2.17 bits per heavy atom.